The third-order valence-corrected chi connectivity index (χ3v) is 4.01. The standard InChI is InChI=1S/C7H5BrClFO3S/c8-2-1-3(14-6(2)9)5(11)4(10)7(12)13/h1,4-5,11H,(H,12,13). The first-order valence-electron chi connectivity index (χ1n) is 3.43. The Labute approximate surface area is 96.3 Å². The highest BCUT2D eigenvalue weighted by molar-refractivity contribution is 9.10. The van der Waals surface area contributed by atoms with Gasteiger partial charge in [0.2, 0.25) is 6.17 Å². The van der Waals surface area contributed by atoms with E-state index in [2.05, 4.69) is 15.9 Å². The molecule has 7 heteroatoms. The van der Waals surface area contributed by atoms with Gasteiger partial charge in [-0.1, -0.05) is 11.6 Å². The van der Waals surface area contributed by atoms with Crippen molar-refractivity contribution in [2.75, 3.05) is 0 Å². The number of aliphatic hydroxyl groups is 1. The molecular weight excluding hydrogens is 298 g/mol. The Bertz CT molecular complexity index is 337. The smallest absolute Gasteiger partial charge is 0.341 e. The van der Waals surface area contributed by atoms with E-state index in [0.29, 0.717) is 8.81 Å². The third kappa shape index (κ3) is 2.44. The molecule has 3 nitrogen and oxygen atoms in total. The maximum absolute atomic E-state index is 12.8. The van der Waals surface area contributed by atoms with Crippen LogP contribution in [0, 0.1) is 0 Å². The Morgan fingerprint density at radius 1 is 1.71 bits per heavy atom. The molecule has 0 aliphatic rings. The normalized spacial score (nSPS) is 15.1. The number of alkyl halides is 1. The molecule has 0 radical (unpaired) electrons. The van der Waals surface area contributed by atoms with E-state index >= 15 is 0 Å². The van der Waals surface area contributed by atoms with Gasteiger partial charge in [-0.2, -0.15) is 0 Å². The first kappa shape index (κ1) is 11.9. The number of carboxylic acids is 1. The lowest BCUT2D eigenvalue weighted by Gasteiger charge is -2.08. The van der Waals surface area contributed by atoms with Crippen LogP contribution in [0.15, 0.2) is 10.5 Å². The molecule has 2 unspecified atom stereocenters. The van der Waals surface area contributed by atoms with Gasteiger partial charge in [0.25, 0.3) is 0 Å². The number of hydrogen-bond donors (Lipinski definition) is 2. The summed E-state index contributed by atoms with van der Waals surface area (Å²) in [7, 11) is 0. The lowest BCUT2D eigenvalue weighted by molar-refractivity contribution is -0.147. The summed E-state index contributed by atoms with van der Waals surface area (Å²) in [5.41, 5.74) is 0. The second-order valence-corrected chi connectivity index (χ2v) is 5.00. The van der Waals surface area contributed by atoms with Crippen LogP contribution in [0.2, 0.25) is 4.34 Å². The molecule has 1 rings (SSSR count). The Balaban J connectivity index is 2.89. The maximum Gasteiger partial charge on any atom is 0.341 e. The number of carboxylic acid groups (broad SMARTS) is 1. The maximum atomic E-state index is 12.8. The molecular formula is C7H5BrClFO3S. The zero-order valence-electron chi connectivity index (χ0n) is 6.58. The summed E-state index contributed by atoms with van der Waals surface area (Å²) < 4.78 is 13.7. The minimum atomic E-state index is -2.34. The molecule has 0 saturated carbocycles. The van der Waals surface area contributed by atoms with E-state index in [1.807, 2.05) is 0 Å². The Morgan fingerprint density at radius 2 is 2.29 bits per heavy atom. The molecule has 0 bridgehead atoms. The molecule has 0 aromatic carbocycles. The molecule has 0 saturated heterocycles. The summed E-state index contributed by atoms with van der Waals surface area (Å²) in [5, 5.41) is 17.6. The summed E-state index contributed by atoms with van der Waals surface area (Å²) in [6, 6.07) is 1.40. The van der Waals surface area contributed by atoms with E-state index in [1.54, 1.807) is 0 Å². The van der Waals surface area contributed by atoms with Gasteiger partial charge < -0.3 is 10.2 Å². The predicted molar refractivity (Wildman–Crippen MR) is 54.5 cm³/mol. The highest BCUT2D eigenvalue weighted by atomic mass is 79.9. The SMILES string of the molecule is O=C(O)C(F)C(O)c1cc(Br)c(Cl)s1. The summed E-state index contributed by atoms with van der Waals surface area (Å²) >= 11 is 9.65. The van der Waals surface area contributed by atoms with Gasteiger partial charge >= 0.3 is 5.97 Å². The minimum absolute atomic E-state index is 0.178. The van der Waals surface area contributed by atoms with Gasteiger partial charge in [0, 0.05) is 9.35 Å². The molecule has 0 amide bonds. The highest BCUT2D eigenvalue weighted by Gasteiger charge is 2.29. The number of thiophene rings is 1. The fourth-order valence-electron chi connectivity index (χ4n) is 0.788. The van der Waals surface area contributed by atoms with Gasteiger partial charge in [0.15, 0.2) is 0 Å². The van der Waals surface area contributed by atoms with Crippen LogP contribution in [0.5, 0.6) is 0 Å². The third-order valence-electron chi connectivity index (χ3n) is 1.47. The molecule has 1 aromatic heterocycles. The summed E-state index contributed by atoms with van der Waals surface area (Å²) in [4.78, 5) is 10.4. The van der Waals surface area contributed by atoms with Crippen LogP contribution in [-0.4, -0.2) is 22.4 Å². The molecule has 78 valence electrons. The van der Waals surface area contributed by atoms with Crippen molar-refractivity contribution in [2.24, 2.45) is 0 Å². The summed E-state index contributed by atoms with van der Waals surface area (Å²) in [6.07, 6.45) is -4.02. The average molecular weight is 304 g/mol. The van der Waals surface area contributed by atoms with E-state index in [9.17, 15) is 14.3 Å². The second-order valence-electron chi connectivity index (χ2n) is 2.46. The minimum Gasteiger partial charge on any atom is -0.479 e. The fraction of sp³-hybridized carbons (Fsp3) is 0.286. The van der Waals surface area contributed by atoms with Crippen LogP contribution < -0.4 is 0 Å². The van der Waals surface area contributed by atoms with Gasteiger partial charge in [-0.15, -0.1) is 11.3 Å². The van der Waals surface area contributed by atoms with E-state index in [0.717, 1.165) is 11.3 Å². The number of carbonyl (C=O) groups is 1. The summed E-state index contributed by atoms with van der Waals surface area (Å²) in [5.74, 6) is -1.70. The molecule has 14 heavy (non-hydrogen) atoms. The largest absolute Gasteiger partial charge is 0.479 e. The van der Waals surface area contributed by atoms with E-state index in [4.69, 9.17) is 16.7 Å². The monoisotopic (exact) mass is 302 g/mol. The highest BCUT2D eigenvalue weighted by Crippen LogP contribution is 2.36. The number of aliphatic carboxylic acids is 1. The molecule has 0 aliphatic heterocycles. The Kier molecular flexibility index (Phi) is 3.88. The number of hydrogen-bond acceptors (Lipinski definition) is 3. The zero-order valence-corrected chi connectivity index (χ0v) is 9.74. The van der Waals surface area contributed by atoms with Crippen LogP contribution >= 0.6 is 38.9 Å². The average Bonchev–Trinajstić information content (AvgIpc) is 2.44. The molecule has 0 aliphatic carbocycles. The van der Waals surface area contributed by atoms with E-state index in [-0.39, 0.29) is 4.88 Å². The number of aliphatic hydroxyl groups excluding tert-OH is 1. The van der Waals surface area contributed by atoms with Crippen molar-refractivity contribution in [3.63, 3.8) is 0 Å². The first-order valence-corrected chi connectivity index (χ1v) is 5.42. The molecule has 1 aromatic rings. The van der Waals surface area contributed by atoms with Crippen molar-refractivity contribution in [1.29, 1.82) is 0 Å². The van der Waals surface area contributed by atoms with Crippen molar-refractivity contribution in [1.82, 2.24) is 0 Å². The van der Waals surface area contributed by atoms with E-state index in [1.165, 1.54) is 6.07 Å². The van der Waals surface area contributed by atoms with Crippen LogP contribution in [0.3, 0.4) is 0 Å². The topological polar surface area (TPSA) is 57.5 Å². The number of halogens is 3. The van der Waals surface area contributed by atoms with Crippen LogP contribution in [0.25, 0.3) is 0 Å². The second kappa shape index (κ2) is 4.57. The molecule has 0 spiro atoms. The van der Waals surface area contributed by atoms with Crippen LogP contribution in [0.1, 0.15) is 11.0 Å². The van der Waals surface area contributed by atoms with Gasteiger partial charge in [-0.3, -0.25) is 0 Å². The first-order chi connectivity index (χ1) is 6.43. The summed E-state index contributed by atoms with van der Waals surface area (Å²) in [6.45, 7) is 0. The van der Waals surface area contributed by atoms with Crippen molar-refractivity contribution in [3.8, 4) is 0 Å². The van der Waals surface area contributed by atoms with Crippen molar-refractivity contribution in [2.45, 2.75) is 12.3 Å². The molecule has 0 fully saturated rings. The van der Waals surface area contributed by atoms with E-state index < -0.39 is 18.2 Å². The van der Waals surface area contributed by atoms with Gasteiger partial charge in [0.05, 0.1) is 0 Å². The molecule has 2 atom stereocenters. The predicted octanol–water partition coefficient (Wildman–Crippen LogP) is 2.62. The van der Waals surface area contributed by atoms with Crippen molar-refractivity contribution >= 4 is 44.8 Å². The lowest BCUT2D eigenvalue weighted by atomic mass is 10.2. The van der Waals surface area contributed by atoms with Gasteiger partial charge in [-0.25, -0.2) is 9.18 Å². The van der Waals surface area contributed by atoms with Crippen LogP contribution in [0.4, 0.5) is 4.39 Å². The van der Waals surface area contributed by atoms with Crippen molar-refractivity contribution in [3.05, 3.63) is 19.8 Å². The zero-order chi connectivity index (χ0) is 10.9. The lowest BCUT2D eigenvalue weighted by Crippen LogP contribution is -2.22. The molecule has 1 heterocycles. The van der Waals surface area contributed by atoms with Gasteiger partial charge in [-0.05, 0) is 22.0 Å². The van der Waals surface area contributed by atoms with Crippen molar-refractivity contribution < 1.29 is 19.4 Å². The quantitative estimate of drug-likeness (QED) is 0.902. The number of rotatable bonds is 3. The Morgan fingerprint density at radius 3 is 2.64 bits per heavy atom. The fourth-order valence-corrected chi connectivity index (χ4v) is 2.53. The van der Waals surface area contributed by atoms with Crippen LogP contribution in [-0.2, 0) is 4.79 Å². The Hall–Kier alpha value is -0.170. The molecule has 2 N–H and O–H groups in total. The van der Waals surface area contributed by atoms with Gasteiger partial charge in [0.1, 0.15) is 10.4 Å².